The lowest BCUT2D eigenvalue weighted by Crippen LogP contribution is -2.37. The number of hydrogen-bond acceptors (Lipinski definition) is 6. The van der Waals surface area contributed by atoms with E-state index in [9.17, 15) is 9.59 Å². The van der Waals surface area contributed by atoms with Gasteiger partial charge in [-0.05, 0) is 38.9 Å². The molecule has 0 atom stereocenters. The molecule has 0 saturated carbocycles. The number of ether oxygens (including phenoxy) is 1. The molecule has 3 aromatic rings. The van der Waals surface area contributed by atoms with Crippen LogP contribution in [-0.4, -0.2) is 40.5 Å². The standard InChI is InChI=1S/C21H22ClN3O3S/c1-2-28-21(27)13-7-9-25(10-8-13)11-17-23-19(26)18-15(12-29-20(18)24-17)14-5-3-4-6-16(14)22/h3-6,12-13H,2,7-11H2,1H3,(H,23,24,26). The molecule has 0 unspecified atom stereocenters. The maximum absolute atomic E-state index is 12.8. The number of benzene rings is 1. The average molecular weight is 432 g/mol. The number of aromatic amines is 1. The number of nitrogens with zero attached hydrogens (tertiary/aromatic N) is 2. The van der Waals surface area contributed by atoms with Crippen molar-refractivity contribution in [3.8, 4) is 11.1 Å². The summed E-state index contributed by atoms with van der Waals surface area (Å²) in [5, 5.41) is 3.12. The van der Waals surface area contributed by atoms with Crippen LogP contribution in [0.25, 0.3) is 21.3 Å². The minimum atomic E-state index is -0.150. The van der Waals surface area contributed by atoms with Crippen molar-refractivity contribution in [2.24, 2.45) is 5.92 Å². The topological polar surface area (TPSA) is 75.3 Å². The number of halogens is 1. The fourth-order valence-corrected chi connectivity index (χ4v) is 4.94. The molecule has 152 valence electrons. The summed E-state index contributed by atoms with van der Waals surface area (Å²) >= 11 is 7.76. The van der Waals surface area contributed by atoms with Gasteiger partial charge in [-0.3, -0.25) is 14.5 Å². The quantitative estimate of drug-likeness (QED) is 0.616. The summed E-state index contributed by atoms with van der Waals surface area (Å²) in [4.78, 5) is 35.2. The number of likely N-dealkylation sites (tertiary alicyclic amines) is 1. The molecule has 8 heteroatoms. The highest BCUT2D eigenvalue weighted by atomic mass is 35.5. The highest BCUT2D eigenvalue weighted by Gasteiger charge is 2.26. The second kappa shape index (κ2) is 8.65. The summed E-state index contributed by atoms with van der Waals surface area (Å²) in [5.41, 5.74) is 1.50. The average Bonchev–Trinajstić information content (AvgIpc) is 3.13. The van der Waals surface area contributed by atoms with Gasteiger partial charge in [-0.15, -0.1) is 11.3 Å². The van der Waals surface area contributed by atoms with Gasteiger partial charge in [-0.1, -0.05) is 29.8 Å². The van der Waals surface area contributed by atoms with E-state index in [2.05, 4.69) is 14.9 Å². The third kappa shape index (κ3) is 4.22. The van der Waals surface area contributed by atoms with E-state index in [0.717, 1.165) is 37.1 Å². The first kappa shape index (κ1) is 20.1. The molecule has 3 heterocycles. The summed E-state index contributed by atoms with van der Waals surface area (Å²) in [6, 6.07) is 7.49. The highest BCUT2D eigenvalue weighted by molar-refractivity contribution is 7.17. The van der Waals surface area contributed by atoms with E-state index in [-0.39, 0.29) is 17.4 Å². The maximum Gasteiger partial charge on any atom is 0.309 e. The van der Waals surface area contributed by atoms with E-state index >= 15 is 0 Å². The Kier molecular flexibility index (Phi) is 5.99. The van der Waals surface area contributed by atoms with Gasteiger partial charge in [-0.25, -0.2) is 4.98 Å². The van der Waals surface area contributed by atoms with Gasteiger partial charge in [0.1, 0.15) is 10.7 Å². The van der Waals surface area contributed by atoms with Crippen LogP contribution in [0.5, 0.6) is 0 Å². The van der Waals surface area contributed by atoms with Gasteiger partial charge in [-0.2, -0.15) is 0 Å². The molecule has 29 heavy (non-hydrogen) atoms. The summed E-state index contributed by atoms with van der Waals surface area (Å²) in [7, 11) is 0. The van der Waals surface area contributed by atoms with Crippen molar-refractivity contribution in [1.82, 2.24) is 14.9 Å². The van der Waals surface area contributed by atoms with Gasteiger partial charge in [0.2, 0.25) is 0 Å². The van der Waals surface area contributed by atoms with Crippen molar-refractivity contribution < 1.29 is 9.53 Å². The Balaban J connectivity index is 1.52. The molecule has 1 saturated heterocycles. The number of thiophene rings is 1. The maximum atomic E-state index is 12.8. The number of H-pyrrole nitrogens is 1. The number of piperidine rings is 1. The monoisotopic (exact) mass is 431 g/mol. The summed E-state index contributed by atoms with van der Waals surface area (Å²) in [5.74, 6) is 0.506. The van der Waals surface area contributed by atoms with Crippen LogP contribution in [0.4, 0.5) is 0 Å². The number of esters is 1. The van der Waals surface area contributed by atoms with Gasteiger partial charge in [0.25, 0.3) is 5.56 Å². The van der Waals surface area contributed by atoms with Gasteiger partial charge in [0, 0.05) is 21.5 Å². The Labute approximate surface area is 177 Å². The molecule has 0 bridgehead atoms. The fraction of sp³-hybridized carbons (Fsp3) is 0.381. The van der Waals surface area contributed by atoms with Crippen LogP contribution in [0.2, 0.25) is 5.02 Å². The zero-order chi connectivity index (χ0) is 20.4. The van der Waals surface area contributed by atoms with Crippen molar-refractivity contribution in [3.63, 3.8) is 0 Å². The van der Waals surface area contributed by atoms with Crippen molar-refractivity contribution in [3.05, 3.63) is 50.8 Å². The first-order valence-electron chi connectivity index (χ1n) is 9.71. The SMILES string of the molecule is CCOC(=O)C1CCN(Cc2nc3scc(-c4ccccc4Cl)c3c(=O)[nH]2)CC1. The number of aromatic nitrogens is 2. The fourth-order valence-electron chi connectivity index (χ4n) is 3.74. The molecule has 4 rings (SSSR count). The molecule has 0 amide bonds. The molecular formula is C21H22ClN3O3S. The predicted molar refractivity (Wildman–Crippen MR) is 115 cm³/mol. The van der Waals surface area contributed by atoms with E-state index in [0.29, 0.717) is 34.2 Å². The lowest BCUT2D eigenvalue weighted by atomic mass is 9.97. The Morgan fingerprint density at radius 1 is 1.31 bits per heavy atom. The number of hydrogen-bond donors (Lipinski definition) is 1. The third-order valence-electron chi connectivity index (χ3n) is 5.24. The minimum absolute atomic E-state index is 0.0313. The van der Waals surface area contributed by atoms with Gasteiger partial charge in [0.05, 0.1) is 24.5 Å². The number of rotatable bonds is 5. The Hall–Kier alpha value is -2.22. The van der Waals surface area contributed by atoms with Crippen LogP contribution in [0.3, 0.4) is 0 Å². The van der Waals surface area contributed by atoms with Crippen LogP contribution in [-0.2, 0) is 16.1 Å². The van der Waals surface area contributed by atoms with Gasteiger partial charge >= 0.3 is 5.97 Å². The molecule has 1 N–H and O–H groups in total. The Morgan fingerprint density at radius 3 is 2.79 bits per heavy atom. The minimum Gasteiger partial charge on any atom is -0.466 e. The predicted octanol–water partition coefficient (Wildman–Crippen LogP) is 4.08. The van der Waals surface area contributed by atoms with Gasteiger partial charge in [0.15, 0.2) is 0 Å². The molecule has 0 aliphatic carbocycles. The van der Waals surface area contributed by atoms with E-state index < -0.39 is 0 Å². The number of fused-ring (bicyclic) bond motifs is 1. The van der Waals surface area contributed by atoms with E-state index in [1.165, 1.54) is 11.3 Å². The van der Waals surface area contributed by atoms with Gasteiger partial charge < -0.3 is 9.72 Å². The molecule has 2 aromatic heterocycles. The zero-order valence-corrected chi connectivity index (χ0v) is 17.7. The smallest absolute Gasteiger partial charge is 0.309 e. The lowest BCUT2D eigenvalue weighted by Gasteiger charge is -2.30. The first-order chi connectivity index (χ1) is 14.1. The summed E-state index contributed by atoms with van der Waals surface area (Å²) < 4.78 is 5.12. The van der Waals surface area contributed by atoms with Crippen LogP contribution in [0.1, 0.15) is 25.6 Å². The summed E-state index contributed by atoms with van der Waals surface area (Å²) in [6.07, 6.45) is 1.53. The first-order valence-corrected chi connectivity index (χ1v) is 11.0. The summed E-state index contributed by atoms with van der Waals surface area (Å²) in [6.45, 7) is 4.36. The van der Waals surface area contributed by atoms with Crippen molar-refractivity contribution >= 4 is 39.1 Å². The normalized spacial score (nSPS) is 15.7. The molecule has 0 spiro atoms. The second-order valence-electron chi connectivity index (χ2n) is 7.12. The van der Waals surface area contributed by atoms with Crippen LogP contribution >= 0.6 is 22.9 Å². The number of carbonyl (C=O) groups is 1. The Bertz CT molecular complexity index is 1090. The molecule has 0 radical (unpaired) electrons. The van der Waals surface area contributed by atoms with Crippen LogP contribution < -0.4 is 5.56 Å². The molecule has 1 aromatic carbocycles. The second-order valence-corrected chi connectivity index (χ2v) is 8.39. The van der Waals surface area contributed by atoms with Crippen molar-refractivity contribution in [1.29, 1.82) is 0 Å². The largest absolute Gasteiger partial charge is 0.466 e. The zero-order valence-electron chi connectivity index (χ0n) is 16.1. The Morgan fingerprint density at radius 2 is 2.07 bits per heavy atom. The van der Waals surface area contributed by atoms with E-state index in [1.54, 1.807) is 0 Å². The van der Waals surface area contributed by atoms with E-state index in [4.69, 9.17) is 16.3 Å². The highest BCUT2D eigenvalue weighted by Crippen LogP contribution is 2.34. The number of carbonyl (C=O) groups excluding carboxylic acids is 1. The number of nitrogens with one attached hydrogen (secondary N) is 1. The molecular weight excluding hydrogens is 410 g/mol. The molecule has 1 fully saturated rings. The van der Waals surface area contributed by atoms with Crippen molar-refractivity contribution in [2.75, 3.05) is 19.7 Å². The molecule has 6 nitrogen and oxygen atoms in total. The lowest BCUT2D eigenvalue weighted by molar-refractivity contribution is -0.149. The van der Waals surface area contributed by atoms with E-state index in [1.807, 2.05) is 36.6 Å². The van der Waals surface area contributed by atoms with Crippen LogP contribution in [0.15, 0.2) is 34.4 Å². The molecule has 1 aliphatic rings. The van der Waals surface area contributed by atoms with Crippen molar-refractivity contribution in [2.45, 2.75) is 26.3 Å². The molecule has 1 aliphatic heterocycles. The third-order valence-corrected chi connectivity index (χ3v) is 6.44. The van der Waals surface area contributed by atoms with Crippen LogP contribution in [0, 0.1) is 5.92 Å².